The second-order valence-electron chi connectivity index (χ2n) is 2.12. The van der Waals surface area contributed by atoms with Gasteiger partial charge >= 0.3 is 10.5 Å². The zero-order chi connectivity index (χ0) is 9.68. The Labute approximate surface area is 76.1 Å². The minimum atomic E-state index is -2.62. The van der Waals surface area contributed by atoms with Crippen LogP contribution in [-0.4, -0.2) is 14.3 Å². The summed E-state index contributed by atoms with van der Waals surface area (Å²) >= 11 is 0. The first-order valence-electron chi connectivity index (χ1n) is 3.35. The Hall–Kier alpha value is -1.69. The van der Waals surface area contributed by atoms with Gasteiger partial charge in [-0.3, -0.25) is 4.79 Å². The number of hydrogen-bond donors (Lipinski definition) is 1. The van der Waals surface area contributed by atoms with Gasteiger partial charge in [-0.05, 0) is 12.1 Å². The number of nitrogens with one attached hydrogen (secondary N) is 1. The second-order valence-corrected chi connectivity index (χ2v) is 2.73. The van der Waals surface area contributed by atoms with Crippen LogP contribution in [0.25, 0.3) is 0 Å². The molecule has 0 heterocycles. The number of carbonyl (C=O) groups excluding carboxylic acids is 1. The standard InChI is InChI=1S/C7H6N2O3S/c10-7(8-9-13(11)12)6-4-2-1-3-5-6/h1-5H,(H,8,10). The van der Waals surface area contributed by atoms with Gasteiger partial charge in [0.2, 0.25) is 0 Å². The van der Waals surface area contributed by atoms with Crippen LogP contribution in [-0.2, 0) is 10.5 Å². The highest BCUT2D eigenvalue weighted by molar-refractivity contribution is 7.61. The summed E-state index contributed by atoms with van der Waals surface area (Å²) in [7, 11) is -2.62. The van der Waals surface area contributed by atoms with Gasteiger partial charge in [-0.1, -0.05) is 22.7 Å². The van der Waals surface area contributed by atoms with Crippen LogP contribution >= 0.6 is 0 Å². The van der Waals surface area contributed by atoms with Gasteiger partial charge in [0.25, 0.3) is 5.91 Å². The van der Waals surface area contributed by atoms with E-state index < -0.39 is 16.4 Å². The molecule has 0 unspecified atom stereocenters. The SMILES string of the molecule is O=C(NN=S(=O)=O)c1ccccc1. The van der Waals surface area contributed by atoms with Crippen LogP contribution < -0.4 is 5.43 Å². The minimum absolute atomic E-state index is 0.358. The van der Waals surface area contributed by atoms with Crippen molar-refractivity contribution in [1.82, 2.24) is 5.43 Å². The van der Waals surface area contributed by atoms with E-state index in [1.807, 2.05) is 5.43 Å². The monoisotopic (exact) mass is 198 g/mol. The number of nitrogens with zero attached hydrogens (tertiary/aromatic N) is 1. The smallest absolute Gasteiger partial charge is 0.267 e. The molecule has 1 aromatic rings. The van der Waals surface area contributed by atoms with E-state index in [-0.39, 0.29) is 0 Å². The van der Waals surface area contributed by atoms with Crippen molar-refractivity contribution in [3.63, 3.8) is 0 Å². The minimum Gasteiger partial charge on any atom is -0.267 e. The predicted molar refractivity (Wildman–Crippen MR) is 45.3 cm³/mol. The highest BCUT2D eigenvalue weighted by Crippen LogP contribution is 1.96. The molecule has 1 amide bonds. The van der Waals surface area contributed by atoms with E-state index in [1.54, 1.807) is 30.3 Å². The van der Waals surface area contributed by atoms with Gasteiger partial charge in [-0.2, -0.15) is 8.42 Å². The van der Waals surface area contributed by atoms with Crippen LogP contribution in [0.4, 0.5) is 0 Å². The first kappa shape index (κ1) is 9.40. The van der Waals surface area contributed by atoms with Crippen LogP contribution in [0.1, 0.15) is 10.4 Å². The van der Waals surface area contributed by atoms with Crippen LogP contribution in [0.5, 0.6) is 0 Å². The van der Waals surface area contributed by atoms with Crippen molar-refractivity contribution in [2.45, 2.75) is 0 Å². The van der Waals surface area contributed by atoms with Crippen molar-refractivity contribution in [3.05, 3.63) is 35.9 Å². The zero-order valence-electron chi connectivity index (χ0n) is 6.47. The second kappa shape index (κ2) is 4.36. The molecule has 0 atom stereocenters. The molecule has 68 valence electrons. The quantitative estimate of drug-likeness (QED) is 0.698. The van der Waals surface area contributed by atoms with Gasteiger partial charge < -0.3 is 0 Å². The summed E-state index contributed by atoms with van der Waals surface area (Å²) in [5.74, 6) is -0.551. The van der Waals surface area contributed by atoms with E-state index in [0.717, 1.165) is 0 Å². The predicted octanol–water partition coefficient (Wildman–Crippen LogP) is 0.394. The molecular weight excluding hydrogens is 192 g/mol. The van der Waals surface area contributed by atoms with Gasteiger partial charge in [0.05, 0.1) is 0 Å². The topological polar surface area (TPSA) is 75.6 Å². The third kappa shape index (κ3) is 3.04. The van der Waals surface area contributed by atoms with Crippen molar-refractivity contribution in [2.24, 2.45) is 4.47 Å². The summed E-state index contributed by atoms with van der Waals surface area (Å²) in [6, 6.07) is 8.20. The molecule has 0 aliphatic heterocycles. The van der Waals surface area contributed by atoms with E-state index in [4.69, 9.17) is 0 Å². The molecular formula is C7H6N2O3S. The maximum atomic E-state index is 11.1. The van der Waals surface area contributed by atoms with Crippen molar-refractivity contribution in [2.75, 3.05) is 0 Å². The Morgan fingerprint density at radius 3 is 2.38 bits per heavy atom. The van der Waals surface area contributed by atoms with Crippen molar-refractivity contribution >= 4 is 16.4 Å². The maximum Gasteiger partial charge on any atom is 0.332 e. The summed E-state index contributed by atoms with van der Waals surface area (Å²) in [6.45, 7) is 0. The molecule has 0 aliphatic carbocycles. The van der Waals surface area contributed by atoms with E-state index in [2.05, 4.69) is 4.47 Å². The lowest BCUT2D eigenvalue weighted by atomic mass is 10.2. The fraction of sp³-hybridized carbons (Fsp3) is 0. The molecule has 0 saturated carbocycles. The molecule has 0 saturated heterocycles. The molecule has 5 nitrogen and oxygen atoms in total. The Kier molecular flexibility index (Phi) is 3.15. The van der Waals surface area contributed by atoms with Crippen LogP contribution in [0, 0.1) is 0 Å². The number of rotatable bonds is 2. The lowest BCUT2D eigenvalue weighted by Gasteiger charge is -1.95. The average molecular weight is 198 g/mol. The highest BCUT2D eigenvalue weighted by Gasteiger charge is 2.01. The molecule has 1 N–H and O–H groups in total. The van der Waals surface area contributed by atoms with Gasteiger partial charge in [0.15, 0.2) is 0 Å². The summed E-state index contributed by atoms with van der Waals surface area (Å²) < 4.78 is 22.7. The largest absolute Gasteiger partial charge is 0.332 e. The fourth-order valence-corrected chi connectivity index (χ4v) is 0.890. The molecule has 1 aromatic carbocycles. The fourth-order valence-electron chi connectivity index (χ4n) is 0.733. The van der Waals surface area contributed by atoms with Gasteiger partial charge in [-0.25, -0.2) is 5.43 Å². The first-order chi connectivity index (χ1) is 6.20. The Balaban J connectivity index is 2.76. The molecule has 6 heteroatoms. The Morgan fingerprint density at radius 2 is 1.85 bits per heavy atom. The normalized spacial score (nSPS) is 8.92. The van der Waals surface area contributed by atoms with Gasteiger partial charge in [0.1, 0.15) is 0 Å². The summed E-state index contributed by atoms with van der Waals surface area (Å²) in [4.78, 5) is 11.1. The van der Waals surface area contributed by atoms with Gasteiger partial charge in [0, 0.05) is 5.56 Å². The molecule has 1 rings (SSSR count). The molecule has 13 heavy (non-hydrogen) atoms. The number of benzene rings is 1. The maximum absolute atomic E-state index is 11.1. The first-order valence-corrected chi connectivity index (χ1v) is 4.39. The molecule has 0 radical (unpaired) electrons. The molecule has 0 bridgehead atoms. The summed E-state index contributed by atoms with van der Waals surface area (Å²) in [5, 5.41) is 0. The van der Waals surface area contributed by atoms with E-state index in [9.17, 15) is 13.2 Å². The van der Waals surface area contributed by atoms with Crippen molar-refractivity contribution < 1.29 is 13.2 Å². The number of amides is 1. The van der Waals surface area contributed by atoms with E-state index >= 15 is 0 Å². The van der Waals surface area contributed by atoms with Crippen LogP contribution in [0.15, 0.2) is 34.8 Å². The van der Waals surface area contributed by atoms with Crippen molar-refractivity contribution in [1.29, 1.82) is 0 Å². The third-order valence-corrected chi connectivity index (χ3v) is 1.50. The summed E-state index contributed by atoms with van der Waals surface area (Å²) in [6.07, 6.45) is 0. The van der Waals surface area contributed by atoms with Gasteiger partial charge in [-0.15, -0.1) is 0 Å². The number of hydrogen-bond acceptors (Lipinski definition) is 4. The van der Waals surface area contributed by atoms with E-state index in [0.29, 0.717) is 5.56 Å². The van der Waals surface area contributed by atoms with Crippen molar-refractivity contribution in [3.8, 4) is 0 Å². The Bertz CT molecular complexity index is 416. The lowest BCUT2D eigenvalue weighted by molar-refractivity contribution is 0.0955. The zero-order valence-corrected chi connectivity index (χ0v) is 7.28. The third-order valence-electron chi connectivity index (χ3n) is 1.26. The Morgan fingerprint density at radius 1 is 1.23 bits per heavy atom. The molecule has 0 spiro atoms. The molecule has 0 aromatic heterocycles. The summed E-state index contributed by atoms with van der Waals surface area (Å²) in [5.41, 5.74) is 2.23. The average Bonchev–Trinajstić information content (AvgIpc) is 2.15. The number of carbonyl (C=O) groups is 1. The molecule has 0 aliphatic rings. The highest BCUT2D eigenvalue weighted by atomic mass is 32.2. The lowest BCUT2D eigenvalue weighted by Crippen LogP contribution is -2.16. The molecule has 0 fully saturated rings. The van der Waals surface area contributed by atoms with Crippen LogP contribution in [0.2, 0.25) is 0 Å². The van der Waals surface area contributed by atoms with E-state index in [1.165, 1.54) is 0 Å². The van der Waals surface area contributed by atoms with Crippen LogP contribution in [0.3, 0.4) is 0 Å².